The lowest BCUT2D eigenvalue weighted by Crippen LogP contribution is -2.41. The lowest BCUT2D eigenvalue weighted by Gasteiger charge is -2.22. The molecule has 0 radical (unpaired) electrons. The maximum atomic E-state index is 12.5. The molecule has 7 nitrogen and oxygen atoms in total. The zero-order valence-corrected chi connectivity index (χ0v) is 15.2. The van der Waals surface area contributed by atoms with Crippen molar-refractivity contribution >= 4 is 11.9 Å². The van der Waals surface area contributed by atoms with Gasteiger partial charge in [0.1, 0.15) is 0 Å². The van der Waals surface area contributed by atoms with Gasteiger partial charge in [0, 0.05) is 17.5 Å². The third-order valence-electron chi connectivity index (χ3n) is 5.55. The number of aromatic nitrogens is 3. The largest absolute Gasteiger partial charge is 0.481 e. The molecule has 7 heteroatoms. The minimum absolute atomic E-state index is 0.0645. The van der Waals surface area contributed by atoms with E-state index < -0.39 is 11.9 Å². The second-order valence-corrected chi connectivity index (χ2v) is 8.50. The van der Waals surface area contributed by atoms with Crippen molar-refractivity contribution in [2.24, 2.45) is 11.8 Å². The molecule has 138 valence electrons. The Morgan fingerprint density at radius 1 is 1.20 bits per heavy atom. The molecule has 1 unspecified atom stereocenters. The number of carbonyl (C=O) groups is 2. The topological polar surface area (TPSA) is 97.1 Å². The Bertz CT molecular complexity index is 643. The van der Waals surface area contributed by atoms with Crippen LogP contribution in [0.5, 0.6) is 0 Å². The second-order valence-electron chi connectivity index (χ2n) is 8.50. The Hall–Kier alpha value is -1.92. The van der Waals surface area contributed by atoms with Gasteiger partial charge in [-0.1, -0.05) is 38.8 Å². The maximum absolute atomic E-state index is 12.5. The summed E-state index contributed by atoms with van der Waals surface area (Å²) in [6.45, 7) is 6.19. The van der Waals surface area contributed by atoms with Crippen molar-refractivity contribution in [3.63, 3.8) is 0 Å². The Balaban J connectivity index is 1.77. The molecule has 2 N–H and O–H groups in total. The number of nitrogens with one attached hydrogen (secondary N) is 1. The van der Waals surface area contributed by atoms with E-state index in [-0.39, 0.29) is 29.3 Å². The Kier molecular flexibility index (Phi) is 4.84. The van der Waals surface area contributed by atoms with Gasteiger partial charge in [0.15, 0.2) is 0 Å². The molecule has 3 rings (SSSR count). The van der Waals surface area contributed by atoms with Crippen LogP contribution in [0.3, 0.4) is 0 Å². The summed E-state index contributed by atoms with van der Waals surface area (Å²) in [5.74, 6) is -1.12. The summed E-state index contributed by atoms with van der Waals surface area (Å²) in [4.78, 5) is 24.0. The average Bonchev–Trinajstić information content (AvgIpc) is 3.26. The van der Waals surface area contributed by atoms with Crippen LogP contribution in [-0.4, -0.2) is 38.0 Å². The van der Waals surface area contributed by atoms with Gasteiger partial charge >= 0.3 is 5.97 Å². The fraction of sp³-hybridized carbons (Fsp3) is 0.778. The Morgan fingerprint density at radius 3 is 2.44 bits per heavy atom. The van der Waals surface area contributed by atoms with E-state index in [0.29, 0.717) is 12.8 Å². The van der Waals surface area contributed by atoms with Gasteiger partial charge in [0.25, 0.3) is 0 Å². The molecule has 1 amide bonds. The Morgan fingerprint density at radius 2 is 1.88 bits per heavy atom. The summed E-state index contributed by atoms with van der Waals surface area (Å²) in [5.41, 5.74) is 0.748. The van der Waals surface area contributed by atoms with Gasteiger partial charge in [0.05, 0.1) is 23.7 Å². The van der Waals surface area contributed by atoms with Gasteiger partial charge in [-0.3, -0.25) is 9.59 Å². The zero-order valence-electron chi connectivity index (χ0n) is 15.2. The first-order valence-corrected chi connectivity index (χ1v) is 9.21. The fourth-order valence-corrected chi connectivity index (χ4v) is 3.94. The van der Waals surface area contributed by atoms with Crippen molar-refractivity contribution in [1.29, 1.82) is 0 Å². The highest BCUT2D eigenvalue weighted by Crippen LogP contribution is 2.36. The molecule has 0 aliphatic heterocycles. The van der Waals surface area contributed by atoms with Crippen LogP contribution in [0.15, 0.2) is 6.20 Å². The molecule has 25 heavy (non-hydrogen) atoms. The molecule has 0 spiro atoms. The van der Waals surface area contributed by atoms with E-state index in [1.165, 1.54) is 0 Å². The van der Waals surface area contributed by atoms with Crippen LogP contribution in [0.1, 0.15) is 71.0 Å². The van der Waals surface area contributed by atoms with Crippen LogP contribution in [0, 0.1) is 11.8 Å². The number of amides is 1. The third kappa shape index (κ3) is 3.85. The number of rotatable bonds is 4. The van der Waals surface area contributed by atoms with Crippen LogP contribution in [-0.2, 0) is 15.0 Å². The summed E-state index contributed by atoms with van der Waals surface area (Å²) in [5, 5.41) is 21.0. The standard InChI is InChI=1S/C18H28N4O3/c1-18(2,3)15-10-22(21-20-15)14-9-12(17(24)25)8-13(14)19-16(23)11-6-4-5-7-11/h10-14H,4-9H2,1-3H3,(H,19,23)(H,24,25)/t12?,13-,14+/m1/s1. The molecular weight excluding hydrogens is 320 g/mol. The van der Waals surface area contributed by atoms with Gasteiger partial charge in [-0.15, -0.1) is 5.10 Å². The van der Waals surface area contributed by atoms with E-state index in [2.05, 4.69) is 36.4 Å². The number of aliphatic carboxylic acids is 1. The average molecular weight is 348 g/mol. The van der Waals surface area contributed by atoms with Crippen LogP contribution in [0.4, 0.5) is 0 Å². The lowest BCUT2D eigenvalue weighted by atomic mass is 9.93. The molecule has 1 heterocycles. The summed E-state index contributed by atoms with van der Waals surface area (Å²) < 4.78 is 1.75. The van der Waals surface area contributed by atoms with Crippen molar-refractivity contribution in [3.8, 4) is 0 Å². The predicted molar refractivity (Wildman–Crippen MR) is 92.0 cm³/mol. The van der Waals surface area contributed by atoms with E-state index >= 15 is 0 Å². The second kappa shape index (κ2) is 6.77. The summed E-state index contributed by atoms with van der Waals surface area (Å²) >= 11 is 0. The van der Waals surface area contributed by atoms with E-state index in [1.807, 2.05) is 6.20 Å². The molecule has 2 fully saturated rings. The van der Waals surface area contributed by atoms with E-state index in [4.69, 9.17) is 0 Å². The number of nitrogens with zero attached hydrogens (tertiary/aromatic N) is 3. The molecule has 1 aromatic rings. The van der Waals surface area contributed by atoms with E-state index in [0.717, 1.165) is 31.4 Å². The number of hydrogen-bond acceptors (Lipinski definition) is 4. The maximum Gasteiger partial charge on any atom is 0.306 e. The smallest absolute Gasteiger partial charge is 0.306 e. The Labute approximate surface area is 148 Å². The van der Waals surface area contributed by atoms with Crippen LogP contribution in [0.25, 0.3) is 0 Å². The SMILES string of the molecule is CC(C)(C)c1cn([C@H]2CC(C(=O)O)C[C@H]2NC(=O)C2CCCC2)nn1. The monoisotopic (exact) mass is 348 g/mol. The minimum atomic E-state index is -0.807. The lowest BCUT2D eigenvalue weighted by molar-refractivity contribution is -0.141. The molecule has 0 bridgehead atoms. The van der Waals surface area contributed by atoms with Gasteiger partial charge in [0.2, 0.25) is 5.91 Å². The summed E-state index contributed by atoms with van der Waals surface area (Å²) in [6.07, 6.45) is 6.88. The molecule has 3 atom stereocenters. The van der Waals surface area contributed by atoms with E-state index in [1.54, 1.807) is 4.68 Å². The number of carbonyl (C=O) groups excluding carboxylic acids is 1. The molecule has 0 saturated heterocycles. The van der Waals surface area contributed by atoms with Crippen LogP contribution >= 0.6 is 0 Å². The highest BCUT2D eigenvalue weighted by molar-refractivity contribution is 5.79. The summed E-state index contributed by atoms with van der Waals surface area (Å²) in [6, 6.07) is -0.362. The molecular formula is C18H28N4O3. The zero-order chi connectivity index (χ0) is 18.2. The molecule has 0 aromatic carbocycles. The number of hydrogen-bond donors (Lipinski definition) is 2. The van der Waals surface area contributed by atoms with Crippen molar-refractivity contribution in [3.05, 3.63) is 11.9 Å². The number of carboxylic acids is 1. The van der Waals surface area contributed by atoms with Gasteiger partial charge in [-0.05, 0) is 25.7 Å². The van der Waals surface area contributed by atoms with Crippen molar-refractivity contribution < 1.29 is 14.7 Å². The highest BCUT2D eigenvalue weighted by Gasteiger charge is 2.41. The first-order chi connectivity index (χ1) is 11.8. The van der Waals surface area contributed by atoms with Crippen LogP contribution < -0.4 is 5.32 Å². The quantitative estimate of drug-likeness (QED) is 0.870. The third-order valence-corrected chi connectivity index (χ3v) is 5.55. The summed E-state index contributed by atoms with van der Waals surface area (Å²) in [7, 11) is 0. The molecule has 2 saturated carbocycles. The van der Waals surface area contributed by atoms with Gasteiger partial charge in [-0.25, -0.2) is 4.68 Å². The first-order valence-electron chi connectivity index (χ1n) is 9.21. The minimum Gasteiger partial charge on any atom is -0.481 e. The van der Waals surface area contributed by atoms with Gasteiger partial charge < -0.3 is 10.4 Å². The highest BCUT2D eigenvalue weighted by atomic mass is 16.4. The van der Waals surface area contributed by atoms with Gasteiger partial charge in [-0.2, -0.15) is 0 Å². The van der Waals surface area contributed by atoms with E-state index in [9.17, 15) is 14.7 Å². The molecule has 2 aliphatic rings. The predicted octanol–water partition coefficient (Wildman–Crippen LogP) is 2.29. The van der Waals surface area contributed by atoms with Crippen molar-refractivity contribution in [2.45, 2.75) is 76.8 Å². The van der Waals surface area contributed by atoms with Crippen molar-refractivity contribution in [1.82, 2.24) is 20.3 Å². The molecule has 2 aliphatic carbocycles. The molecule has 1 aromatic heterocycles. The van der Waals surface area contributed by atoms with Crippen molar-refractivity contribution in [2.75, 3.05) is 0 Å². The first kappa shape index (κ1) is 17.9. The van der Waals surface area contributed by atoms with Crippen LogP contribution in [0.2, 0.25) is 0 Å². The fourth-order valence-electron chi connectivity index (χ4n) is 3.94. The number of carboxylic acid groups (broad SMARTS) is 1. The normalized spacial score (nSPS) is 27.6.